The number of benzene rings is 1. The molecule has 128 valence electrons. The molecule has 2 rings (SSSR count). The Bertz CT molecular complexity index is 618. The van der Waals surface area contributed by atoms with E-state index in [4.69, 9.17) is 11.0 Å². The van der Waals surface area contributed by atoms with Crippen LogP contribution in [0.15, 0.2) is 24.3 Å². The molecule has 6 heteroatoms. The van der Waals surface area contributed by atoms with Crippen molar-refractivity contribution < 1.29 is 9.59 Å². The molecule has 0 spiro atoms. The Morgan fingerprint density at radius 3 is 2.71 bits per heavy atom. The molecule has 4 N–H and O–H groups in total. The maximum Gasteiger partial charge on any atom is 0.252 e. The number of nitrogens with one attached hydrogen (secondary N) is 2. The molecule has 1 saturated carbocycles. The number of nitrogens with two attached hydrogens (primary N) is 1. The lowest BCUT2D eigenvalue weighted by Crippen LogP contribution is -2.48. The van der Waals surface area contributed by atoms with Crippen LogP contribution in [0.1, 0.15) is 48.9 Å². The molecular weight excluding hydrogens is 304 g/mol. The summed E-state index contributed by atoms with van der Waals surface area (Å²) >= 11 is 0. The first kappa shape index (κ1) is 17.8. The van der Waals surface area contributed by atoms with Gasteiger partial charge in [-0.15, -0.1) is 0 Å². The summed E-state index contributed by atoms with van der Waals surface area (Å²) in [5, 5.41) is 14.0. The Labute approximate surface area is 142 Å². The van der Waals surface area contributed by atoms with E-state index in [1.165, 1.54) is 19.3 Å². The van der Waals surface area contributed by atoms with Crippen LogP contribution >= 0.6 is 0 Å². The highest BCUT2D eigenvalue weighted by Gasteiger charge is 2.26. The van der Waals surface area contributed by atoms with Gasteiger partial charge in [0.15, 0.2) is 0 Å². The highest BCUT2D eigenvalue weighted by Crippen LogP contribution is 2.27. The van der Waals surface area contributed by atoms with Crippen LogP contribution in [-0.2, 0) is 4.79 Å². The van der Waals surface area contributed by atoms with Crippen molar-refractivity contribution >= 4 is 17.5 Å². The minimum atomic E-state index is -0.629. The highest BCUT2D eigenvalue weighted by atomic mass is 16.2. The second kappa shape index (κ2) is 8.92. The molecule has 0 aromatic heterocycles. The van der Waals surface area contributed by atoms with E-state index in [0.717, 1.165) is 12.8 Å². The van der Waals surface area contributed by atoms with Gasteiger partial charge in [-0.3, -0.25) is 9.59 Å². The molecule has 1 aromatic rings. The van der Waals surface area contributed by atoms with Crippen LogP contribution in [0.4, 0.5) is 5.69 Å². The van der Waals surface area contributed by atoms with Gasteiger partial charge in [0.25, 0.3) is 5.91 Å². The zero-order chi connectivity index (χ0) is 17.4. The molecule has 1 fully saturated rings. The van der Waals surface area contributed by atoms with Crippen molar-refractivity contribution in [3.05, 3.63) is 29.8 Å². The van der Waals surface area contributed by atoms with Gasteiger partial charge in [-0.25, -0.2) is 0 Å². The van der Waals surface area contributed by atoms with E-state index in [1.807, 2.05) is 6.07 Å². The van der Waals surface area contributed by atoms with Crippen molar-refractivity contribution in [3.63, 3.8) is 0 Å². The van der Waals surface area contributed by atoms with Crippen LogP contribution in [0.2, 0.25) is 0 Å². The smallest absolute Gasteiger partial charge is 0.252 e. The largest absolute Gasteiger partial charge is 0.399 e. The maximum absolute atomic E-state index is 12.4. The van der Waals surface area contributed by atoms with E-state index in [9.17, 15) is 9.59 Å². The fraction of sp³-hybridized carbons (Fsp3) is 0.500. The number of nitrogen functional groups attached to an aromatic ring is 1. The Morgan fingerprint density at radius 1 is 1.29 bits per heavy atom. The molecule has 0 saturated heterocycles. The van der Waals surface area contributed by atoms with E-state index in [1.54, 1.807) is 24.3 Å². The molecule has 1 aliphatic carbocycles. The second-order valence-electron chi connectivity index (χ2n) is 6.27. The number of amides is 2. The van der Waals surface area contributed by atoms with E-state index in [-0.39, 0.29) is 18.4 Å². The maximum atomic E-state index is 12.4. The van der Waals surface area contributed by atoms with Gasteiger partial charge >= 0.3 is 0 Å². The Morgan fingerprint density at radius 2 is 2.04 bits per heavy atom. The van der Waals surface area contributed by atoms with Gasteiger partial charge in [0.1, 0.15) is 12.6 Å². The van der Waals surface area contributed by atoms with Crippen molar-refractivity contribution in [1.29, 1.82) is 5.26 Å². The zero-order valence-corrected chi connectivity index (χ0v) is 13.8. The number of carbonyl (C=O) groups excluding carboxylic acids is 2. The summed E-state index contributed by atoms with van der Waals surface area (Å²) in [5.74, 6) is -0.202. The summed E-state index contributed by atoms with van der Waals surface area (Å²) in [5.41, 5.74) is 6.63. The van der Waals surface area contributed by atoms with Crippen LogP contribution in [0.3, 0.4) is 0 Å². The van der Waals surface area contributed by atoms with E-state index in [0.29, 0.717) is 23.6 Å². The molecule has 24 heavy (non-hydrogen) atoms. The van der Waals surface area contributed by atoms with Crippen LogP contribution in [0.25, 0.3) is 0 Å². The summed E-state index contributed by atoms with van der Waals surface area (Å²) in [4.78, 5) is 24.7. The molecule has 1 atom stereocenters. The third-order valence-electron chi connectivity index (χ3n) is 4.41. The lowest BCUT2D eigenvalue weighted by atomic mass is 9.84. The molecule has 2 amide bonds. The SMILES string of the molecule is N#CCNC(=O)[C@H](CC1CCCCC1)NC(=O)c1cccc(N)c1. The third-order valence-corrected chi connectivity index (χ3v) is 4.41. The predicted octanol–water partition coefficient (Wildman–Crippen LogP) is 1.98. The molecular formula is C18H24N4O2. The van der Waals surface area contributed by atoms with Gasteiger partial charge in [-0.05, 0) is 30.5 Å². The molecule has 0 radical (unpaired) electrons. The van der Waals surface area contributed by atoms with E-state index < -0.39 is 6.04 Å². The van der Waals surface area contributed by atoms with Gasteiger partial charge < -0.3 is 16.4 Å². The standard InChI is InChI=1S/C18H24N4O2/c19-9-10-21-18(24)16(11-13-5-2-1-3-6-13)22-17(23)14-7-4-8-15(20)12-14/h4,7-8,12-13,16H,1-3,5-6,10-11,20H2,(H,21,24)(H,22,23)/t16-/m0/s1. The van der Waals surface area contributed by atoms with Gasteiger partial charge in [-0.1, -0.05) is 38.2 Å². The number of nitriles is 1. The Hall–Kier alpha value is -2.55. The van der Waals surface area contributed by atoms with E-state index in [2.05, 4.69) is 10.6 Å². The molecule has 6 nitrogen and oxygen atoms in total. The summed E-state index contributed by atoms with van der Waals surface area (Å²) in [7, 11) is 0. The number of carbonyl (C=O) groups is 2. The number of rotatable bonds is 6. The Kier molecular flexibility index (Phi) is 6.62. The molecule has 0 heterocycles. The van der Waals surface area contributed by atoms with E-state index >= 15 is 0 Å². The number of nitrogens with zero attached hydrogens (tertiary/aromatic N) is 1. The average Bonchev–Trinajstić information content (AvgIpc) is 2.60. The van der Waals surface area contributed by atoms with Crippen LogP contribution in [0, 0.1) is 17.2 Å². The predicted molar refractivity (Wildman–Crippen MR) is 91.9 cm³/mol. The van der Waals surface area contributed by atoms with Crippen molar-refractivity contribution in [3.8, 4) is 6.07 Å². The lowest BCUT2D eigenvalue weighted by molar-refractivity contribution is -0.123. The van der Waals surface area contributed by atoms with Crippen molar-refractivity contribution in [1.82, 2.24) is 10.6 Å². The summed E-state index contributed by atoms with van der Waals surface area (Å²) in [6, 6.07) is 7.91. The van der Waals surface area contributed by atoms with Crippen LogP contribution < -0.4 is 16.4 Å². The van der Waals surface area contributed by atoms with Crippen molar-refractivity contribution in [2.75, 3.05) is 12.3 Å². The summed E-state index contributed by atoms with van der Waals surface area (Å²) < 4.78 is 0. The van der Waals surface area contributed by atoms with Crippen molar-refractivity contribution in [2.24, 2.45) is 5.92 Å². The third kappa shape index (κ3) is 5.27. The topological polar surface area (TPSA) is 108 Å². The first-order valence-corrected chi connectivity index (χ1v) is 8.41. The average molecular weight is 328 g/mol. The minimum absolute atomic E-state index is 0.0614. The monoisotopic (exact) mass is 328 g/mol. The van der Waals surface area contributed by atoms with Crippen LogP contribution in [-0.4, -0.2) is 24.4 Å². The zero-order valence-electron chi connectivity index (χ0n) is 13.8. The van der Waals surface area contributed by atoms with Gasteiger partial charge in [0, 0.05) is 11.3 Å². The highest BCUT2D eigenvalue weighted by molar-refractivity contribution is 5.98. The molecule has 1 aromatic carbocycles. The number of hydrogen-bond acceptors (Lipinski definition) is 4. The number of hydrogen-bond donors (Lipinski definition) is 3. The fourth-order valence-electron chi connectivity index (χ4n) is 3.16. The fourth-order valence-corrected chi connectivity index (χ4v) is 3.16. The molecule has 0 unspecified atom stereocenters. The first-order chi connectivity index (χ1) is 11.6. The van der Waals surface area contributed by atoms with Gasteiger partial charge in [-0.2, -0.15) is 5.26 Å². The normalized spacial score (nSPS) is 16.0. The number of anilines is 1. The first-order valence-electron chi connectivity index (χ1n) is 8.41. The van der Waals surface area contributed by atoms with Crippen molar-refractivity contribution in [2.45, 2.75) is 44.6 Å². The summed E-state index contributed by atoms with van der Waals surface area (Å²) in [6.45, 7) is -0.0614. The lowest BCUT2D eigenvalue weighted by Gasteiger charge is -2.26. The molecule has 0 aliphatic heterocycles. The summed E-state index contributed by atoms with van der Waals surface area (Å²) in [6.07, 6.45) is 6.33. The van der Waals surface area contributed by atoms with Crippen LogP contribution in [0.5, 0.6) is 0 Å². The second-order valence-corrected chi connectivity index (χ2v) is 6.27. The quantitative estimate of drug-likeness (QED) is 0.548. The minimum Gasteiger partial charge on any atom is -0.399 e. The Balaban J connectivity index is 2.04. The van der Waals surface area contributed by atoms with Gasteiger partial charge in [0.05, 0.1) is 6.07 Å². The van der Waals surface area contributed by atoms with Gasteiger partial charge in [0.2, 0.25) is 5.91 Å². The molecule has 0 bridgehead atoms. The molecule has 1 aliphatic rings.